The fourth-order valence-corrected chi connectivity index (χ4v) is 2.32. The summed E-state index contributed by atoms with van der Waals surface area (Å²) < 4.78 is 10.9. The lowest BCUT2D eigenvalue weighted by Gasteiger charge is -2.33. The highest BCUT2D eigenvalue weighted by molar-refractivity contribution is 6.29. The molecule has 1 amide bonds. The summed E-state index contributed by atoms with van der Waals surface area (Å²) >= 11 is 5.78. The minimum absolute atomic E-state index is 0.245. The Kier molecular flexibility index (Phi) is 5.45. The van der Waals surface area contributed by atoms with Crippen LogP contribution in [0.1, 0.15) is 33.6 Å². The number of nitrogens with zero attached hydrogens (tertiary/aromatic N) is 3. The molecule has 7 heteroatoms. The number of ether oxygens (including phenoxy) is 2. The molecule has 0 bridgehead atoms. The zero-order valence-electron chi connectivity index (χ0n) is 13.2. The molecule has 22 heavy (non-hydrogen) atoms. The van der Waals surface area contributed by atoms with Gasteiger partial charge in [-0.2, -0.15) is 4.98 Å². The Labute approximate surface area is 135 Å². The summed E-state index contributed by atoms with van der Waals surface area (Å²) in [6.45, 7) is 7.50. The van der Waals surface area contributed by atoms with Crippen LogP contribution in [0.4, 0.5) is 4.79 Å². The van der Waals surface area contributed by atoms with E-state index in [-0.39, 0.29) is 6.09 Å². The van der Waals surface area contributed by atoms with E-state index in [0.29, 0.717) is 36.8 Å². The average molecular weight is 328 g/mol. The van der Waals surface area contributed by atoms with Crippen molar-refractivity contribution in [1.29, 1.82) is 0 Å². The van der Waals surface area contributed by atoms with Gasteiger partial charge in [0.25, 0.3) is 0 Å². The molecule has 1 aliphatic heterocycles. The molecule has 2 rings (SSSR count). The van der Waals surface area contributed by atoms with Gasteiger partial charge >= 0.3 is 12.1 Å². The topological polar surface area (TPSA) is 64.5 Å². The van der Waals surface area contributed by atoms with Gasteiger partial charge in [-0.1, -0.05) is 11.6 Å². The fourth-order valence-electron chi connectivity index (χ4n) is 2.19. The van der Waals surface area contributed by atoms with Gasteiger partial charge in [0.05, 0.1) is 6.61 Å². The van der Waals surface area contributed by atoms with Gasteiger partial charge in [-0.3, -0.25) is 0 Å². The summed E-state index contributed by atoms with van der Waals surface area (Å²) in [5, 5.41) is 0.366. The van der Waals surface area contributed by atoms with Gasteiger partial charge in [0.1, 0.15) is 10.8 Å². The second-order valence-corrected chi connectivity index (χ2v) is 6.77. The molecule has 0 atom stereocenters. The number of halogens is 1. The van der Waals surface area contributed by atoms with Gasteiger partial charge in [0, 0.05) is 19.3 Å². The van der Waals surface area contributed by atoms with Crippen molar-refractivity contribution >= 4 is 17.7 Å². The summed E-state index contributed by atoms with van der Waals surface area (Å²) in [5.74, 6) is 0.376. The van der Waals surface area contributed by atoms with Crippen LogP contribution in [0.25, 0.3) is 0 Å². The molecule has 1 aromatic rings. The third kappa shape index (κ3) is 5.33. The van der Waals surface area contributed by atoms with Gasteiger partial charge in [0.15, 0.2) is 0 Å². The van der Waals surface area contributed by atoms with E-state index in [1.807, 2.05) is 20.8 Å². The molecule has 0 unspecified atom stereocenters. The second-order valence-electron chi connectivity index (χ2n) is 6.38. The third-order valence-corrected chi connectivity index (χ3v) is 3.52. The van der Waals surface area contributed by atoms with E-state index in [4.69, 9.17) is 21.1 Å². The van der Waals surface area contributed by atoms with Gasteiger partial charge in [0.2, 0.25) is 0 Å². The number of amides is 1. The summed E-state index contributed by atoms with van der Waals surface area (Å²) in [5.41, 5.74) is -0.457. The van der Waals surface area contributed by atoms with Gasteiger partial charge < -0.3 is 14.4 Å². The Balaban J connectivity index is 1.74. The molecule has 0 radical (unpaired) electrons. The second kappa shape index (κ2) is 7.13. The van der Waals surface area contributed by atoms with Crippen LogP contribution in [0.15, 0.2) is 12.3 Å². The van der Waals surface area contributed by atoms with Crippen molar-refractivity contribution in [3.63, 3.8) is 0 Å². The van der Waals surface area contributed by atoms with E-state index in [1.54, 1.807) is 17.2 Å². The number of piperidine rings is 1. The van der Waals surface area contributed by atoms with Crippen LogP contribution in [-0.4, -0.2) is 46.3 Å². The van der Waals surface area contributed by atoms with E-state index >= 15 is 0 Å². The molecule has 1 saturated heterocycles. The highest BCUT2D eigenvalue weighted by Gasteiger charge is 2.27. The highest BCUT2D eigenvalue weighted by atomic mass is 35.5. The Morgan fingerprint density at radius 1 is 1.41 bits per heavy atom. The van der Waals surface area contributed by atoms with Crippen molar-refractivity contribution in [3.05, 3.63) is 17.4 Å². The van der Waals surface area contributed by atoms with Crippen molar-refractivity contribution in [2.24, 2.45) is 5.92 Å². The van der Waals surface area contributed by atoms with E-state index in [2.05, 4.69) is 9.97 Å². The van der Waals surface area contributed by atoms with Crippen LogP contribution in [0.3, 0.4) is 0 Å². The Bertz CT molecular complexity index is 511. The van der Waals surface area contributed by atoms with E-state index in [1.165, 1.54) is 0 Å². The van der Waals surface area contributed by atoms with Gasteiger partial charge in [-0.25, -0.2) is 9.78 Å². The van der Waals surface area contributed by atoms with Crippen molar-refractivity contribution in [3.8, 4) is 6.01 Å². The van der Waals surface area contributed by atoms with Gasteiger partial charge in [-0.15, -0.1) is 0 Å². The fraction of sp³-hybridized carbons (Fsp3) is 0.667. The maximum absolute atomic E-state index is 12.0. The van der Waals surface area contributed by atoms with Crippen LogP contribution in [0, 0.1) is 5.92 Å². The van der Waals surface area contributed by atoms with Crippen LogP contribution >= 0.6 is 11.6 Å². The van der Waals surface area contributed by atoms with Crippen molar-refractivity contribution < 1.29 is 14.3 Å². The van der Waals surface area contributed by atoms with Crippen LogP contribution in [0.2, 0.25) is 5.15 Å². The number of likely N-dealkylation sites (tertiary alicyclic amines) is 1. The number of rotatable bonds is 3. The minimum Gasteiger partial charge on any atom is -0.463 e. The SMILES string of the molecule is CC(C)(C)OC(=O)N1CCC(COc2nccc(Cl)n2)CC1. The first-order chi connectivity index (χ1) is 10.3. The lowest BCUT2D eigenvalue weighted by Crippen LogP contribution is -2.42. The maximum Gasteiger partial charge on any atom is 0.410 e. The predicted octanol–water partition coefficient (Wildman–Crippen LogP) is 3.16. The molecular weight excluding hydrogens is 306 g/mol. The molecule has 0 saturated carbocycles. The molecule has 0 N–H and O–H groups in total. The predicted molar refractivity (Wildman–Crippen MR) is 83.1 cm³/mol. The molecule has 1 aliphatic rings. The van der Waals surface area contributed by atoms with Crippen LogP contribution in [0.5, 0.6) is 6.01 Å². The molecule has 2 heterocycles. The number of carbonyl (C=O) groups is 1. The monoisotopic (exact) mass is 327 g/mol. The quantitative estimate of drug-likeness (QED) is 0.798. The molecule has 6 nitrogen and oxygen atoms in total. The Hall–Kier alpha value is -1.56. The van der Waals surface area contributed by atoms with Crippen molar-refractivity contribution in [2.45, 2.75) is 39.2 Å². The third-order valence-electron chi connectivity index (χ3n) is 3.31. The smallest absolute Gasteiger partial charge is 0.410 e. The lowest BCUT2D eigenvalue weighted by molar-refractivity contribution is 0.0163. The normalized spacial score (nSPS) is 16.5. The Morgan fingerprint density at radius 3 is 2.68 bits per heavy atom. The zero-order chi connectivity index (χ0) is 16.2. The number of aromatic nitrogens is 2. The zero-order valence-corrected chi connectivity index (χ0v) is 14.0. The van der Waals surface area contributed by atoms with E-state index in [9.17, 15) is 4.79 Å². The van der Waals surface area contributed by atoms with E-state index < -0.39 is 5.60 Å². The van der Waals surface area contributed by atoms with Crippen molar-refractivity contribution in [2.75, 3.05) is 19.7 Å². The molecule has 0 aromatic carbocycles. The average Bonchev–Trinajstić information content (AvgIpc) is 2.44. The highest BCUT2D eigenvalue weighted by Crippen LogP contribution is 2.20. The molecule has 1 fully saturated rings. The van der Waals surface area contributed by atoms with Crippen LogP contribution in [-0.2, 0) is 4.74 Å². The first-order valence-electron chi connectivity index (χ1n) is 7.43. The first kappa shape index (κ1) is 16.8. The summed E-state index contributed by atoms with van der Waals surface area (Å²) in [4.78, 5) is 21.7. The van der Waals surface area contributed by atoms with Gasteiger partial charge in [-0.05, 0) is 45.6 Å². The first-order valence-corrected chi connectivity index (χ1v) is 7.80. The maximum atomic E-state index is 12.0. The van der Waals surface area contributed by atoms with Crippen LogP contribution < -0.4 is 4.74 Å². The standard InChI is InChI=1S/C15H22ClN3O3/c1-15(2,3)22-14(20)19-8-5-11(6-9-19)10-21-13-17-7-4-12(16)18-13/h4,7,11H,5-6,8-10H2,1-3H3. The molecule has 122 valence electrons. The Morgan fingerprint density at radius 2 is 2.09 bits per heavy atom. The summed E-state index contributed by atoms with van der Waals surface area (Å²) in [7, 11) is 0. The summed E-state index contributed by atoms with van der Waals surface area (Å²) in [6.07, 6.45) is 3.07. The largest absolute Gasteiger partial charge is 0.463 e. The van der Waals surface area contributed by atoms with Crippen molar-refractivity contribution in [1.82, 2.24) is 14.9 Å². The minimum atomic E-state index is -0.457. The molecule has 0 spiro atoms. The number of hydrogen-bond acceptors (Lipinski definition) is 5. The van der Waals surface area contributed by atoms with E-state index in [0.717, 1.165) is 12.8 Å². The molecule has 1 aromatic heterocycles. The molecular formula is C15H22ClN3O3. The molecule has 0 aliphatic carbocycles. The lowest BCUT2D eigenvalue weighted by atomic mass is 9.98. The summed E-state index contributed by atoms with van der Waals surface area (Å²) in [6, 6.07) is 1.90. The number of hydrogen-bond donors (Lipinski definition) is 0. The number of carbonyl (C=O) groups excluding carboxylic acids is 1.